The van der Waals surface area contributed by atoms with Crippen LogP contribution in [0.25, 0.3) is 6.08 Å². The summed E-state index contributed by atoms with van der Waals surface area (Å²) in [6, 6.07) is 12.1. The number of thiophene rings is 1. The van der Waals surface area contributed by atoms with Gasteiger partial charge in [0.15, 0.2) is 0 Å². The van der Waals surface area contributed by atoms with E-state index in [1.165, 1.54) is 17.4 Å². The van der Waals surface area contributed by atoms with Gasteiger partial charge in [0.2, 0.25) is 0 Å². The monoisotopic (exact) mass is 314 g/mol. The Labute approximate surface area is 131 Å². The Bertz CT molecular complexity index is 666. The van der Waals surface area contributed by atoms with Crippen molar-refractivity contribution in [2.75, 3.05) is 11.9 Å². The summed E-state index contributed by atoms with van der Waals surface area (Å²) in [6.45, 7) is -0.296. The van der Waals surface area contributed by atoms with Gasteiger partial charge in [0, 0.05) is 6.08 Å². The molecule has 22 heavy (non-hydrogen) atoms. The number of anilines is 1. The van der Waals surface area contributed by atoms with Gasteiger partial charge in [-0.1, -0.05) is 30.3 Å². The molecule has 0 fully saturated rings. The maximum atomic E-state index is 12.1. The summed E-state index contributed by atoms with van der Waals surface area (Å²) in [7, 11) is 0. The molecule has 0 aliphatic carbocycles. The van der Waals surface area contributed by atoms with E-state index in [1.54, 1.807) is 23.6 Å². The summed E-state index contributed by atoms with van der Waals surface area (Å²) >= 11 is 1.33. The minimum atomic E-state index is -0.628. The number of carbonyl (C=O) groups excluding carboxylic acids is 3. The Hall–Kier alpha value is -2.73. The van der Waals surface area contributed by atoms with Gasteiger partial charge in [-0.3, -0.25) is 15.0 Å². The summed E-state index contributed by atoms with van der Waals surface area (Å²) in [5.74, 6) is -0.551. The van der Waals surface area contributed by atoms with Crippen molar-refractivity contribution in [3.05, 3.63) is 59.5 Å². The summed E-state index contributed by atoms with van der Waals surface area (Å²) in [5.41, 5.74) is 0.834. The van der Waals surface area contributed by atoms with Crippen molar-refractivity contribution in [1.82, 2.24) is 4.90 Å². The number of imide groups is 1. The fourth-order valence-corrected chi connectivity index (χ4v) is 2.30. The molecule has 0 saturated carbocycles. The average Bonchev–Trinajstić information content (AvgIpc) is 3.04. The highest BCUT2D eigenvalue weighted by Gasteiger charge is 2.19. The lowest BCUT2D eigenvalue weighted by atomic mass is 10.2. The molecule has 0 bridgehead atoms. The highest BCUT2D eigenvalue weighted by molar-refractivity contribution is 7.14. The van der Waals surface area contributed by atoms with E-state index in [9.17, 15) is 14.4 Å². The predicted molar refractivity (Wildman–Crippen MR) is 86.6 cm³/mol. The van der Waals surface area contributed by atoms with Crippen LogP contribution < -0.4 is 5.32 Å². The van der Waals surface area contributed by atoms with E-state index in [0.717, 1.165) is 10.5 Å². The van der Waals surface area contributed by atoms with E-state index in [4.69, 9.17) is 0 Å². The molecule has 5 nitrogen and oxygen atoms in total. The molecular weight excluding hydrogens is 300 g/mol. The first-order valence-electron chi connectivity index (χ1n) is 6.53. The Kier molecular flexibility index (Phi) is 5.62. The zero-order valence-corrected chi connectivity index (χ0v) is 12.5. The molecule has 1 aromatic heterocycles. The van der Waals surface area contributed by atoms with Gasteiger partial charge >= 0.3 is 6.03 Å². The molecule has 1 N–H and O–H groups in total. The predicted octanol–water partition coefficient (Wildman–Crippen LogP) is 3.02. The Morgan fingerprint density at radius 3 is 2.55 bits per heavy atom. The van der Waals surface area contributed by atoms with Crippen LogP contribution in [0.15, 0.2) is 53.9 Å². The second-order valence-corrected chi connectivity index (χ2v) is 5.21. The molecule has 6 heteroatoms. The third-order valence-electron chi connectivity index (χ3n) is 2.74. The van der Waals surface area contributed by atoms with Gasteiger partial charge in [-0.25, -0.2) is 4.79 Å². The van der Waals surface area contributed by atoms with Gasteiger partial charge < -0.3 is 4.79 Å². The molecule has 0 unspecified atom stereocenters. The van der Waals surface area contributed by atoms with Crippen molar-refractivity contribution < 1.29 is 14.4 Å². The maximum absolute atomic E-state index is 12.1. The van der Waals surface area contributed by atoms with Gasteiger partial charge in [-0.2, -0.15) is 0 Å². The van der Waals surface area contributed by atoms with Crippen LogP contribution in [0.5, 0.6) is 0 Å². The van der Waals surface area contributed by atoms with Crippen molar-refractivity contribution in [2.24, 2.45) is 0 Å². The molecule has 1 heterocycles. The lowest BCUT2D eigenvalue weighted by molar-refractivity contribution is -0.125. The molecule has 0 aliphatic heterocycles. The zero-order valence-electron chi connectivity index (χ0n) is 11.6. The van der Waals surface area contributed by atoms with Gasteiger partial charge in [-0.15, -0.1) is 11.3 Å². The molecule has 0 radical (unpaired) electrons. The summed E-state index contributed by atoms with van der Waals surface area (Å²) in [4.78, 5) is 35.7. The topological polar surface area (TPSA) is 66.5 Å². The van der Waals surface area contributed by atoms with Crippen molar-refractivity contribution >= 4 is 40.6 Å². The Balaban J connectivity index is 2.06. The van der Waals surface area contributed by atoms with Crippen LogP contribution in [-0.2, 0) is 9.59 Å². The van der Waals surface area contributed by atoms with Crippen molar-refractivity contribution in [3.63, 3.8) is 0 Å². The van der Waals surface area contributed by atoms with E-state index in [0.29, 0.717) is 11.3 Å². The second-order valence-electron chi connectivity index (χ2n) is 4.27. The molecule has 2 aromatic rings. The van der Waals surface area contributed by atoms with Gasteiger partial charge in [0.1, 0.15) is 6.29 Å². The third kappa shape index (κ3) is 4.39. The van der Waals surface area contributed by atoms with Gasteiger partial charge in [0.05, 0.1) is 11.5 Å². The van der Waals surface area contributed by atoms with Gasteiger partial charge in [-0.05, 0) is 29.2 Å². The number of hydrogen-bond acceptors (Lipinski definition) is 4. The highest BCUT2D eigenvalue weighted by atomic mass is 32.1. The standard InChI is InChI=1S/C16H14N2O3S/c19-11-10-18(16(21)17-14-7-4-12-22-14)15(20)9-8-13-5-2-1-3-6-13/h1-9,11-12H,10H2,(H,17,21). The molecular formula is C16H14N2O3S. The fraction of sp³-hybridized carbons (Fsp3) is 0.0625. The average molecular weight is 314 g/mol. The highest BCUT2D eigenvalue weighted by Crippen LogP contribution is 2.15. The lowest BCUT2D eigenvalue weighted by Gasteiger charge is -2.16. The number of aldehydes is 1. The van der Waals surface area contributed by atoms with Crippen LogP contribution in [0.3, 0.4) is 0 Å². The fourth-order valence-electron chi connectivity index (χ4n) is 1.69. The number of carbonyl (C=O) groups is 3. The van der Waals surface area contributed by atoms with E-state index in [2.05, 4.69) is 5.32 Å². The van der Waals surface area contributed by atoms with Crippen LogP contribution in [0.4, 0.5) is 9.80 Å². The van der Waals surface area contributed by atoms with E-state index in [-0.39, 0.29) is 6.54 Å². The Morgan fingerprint density at radius 1 is 1.14 bits per heavy atom. The number of benzene rings is 1. The third-order valence-corrected chi connectivity index (χ3v) is 3.52. The first kappa shape index (κ1) is 15.7. The molecule has 0 aliphatic rings. The number of nitrogens with zero attached hydrogens (tertiary/aromatic N) is 1. The minimum Gasteiger partial charge on any atom is -0.301 e. The number of hydrogen-bond donors (Lipinski definition) is 1. The molecule has 3 amide bonds. The van der Waals surface area contributed by atoms with E-state index < -0.39 is 11.9 Å². The van der Waals surface area contributed by atoms with Crippen LogP contribution in [-0.4, -0.2) is 29.7 Å². The van der Waals surface area contributed by atoms with Crippen LogP contribution in [0.2, 0.25) is 0 Å². The molecule has 2 rings (SSSR count). The van der Waals surface area contributed by atoms with E-state index >= 15 is 0 Å². The van der Waals surface area contributed by atoms with Gasteiger partial charge in [0.25, 0.3) is 5.91 Å². The van der Waals surface area contributed by atoms with E-state index in [1.807, 2.05) is 30.3 Å². The quantitative estimate of drug-likeness (QED) is 0.681. The van der Waals surface area contributed by atoms with Crippen LogP contribution >= 0.6 is 11.3 Å². The van der Waals surface area contributed by atoms with Crippen molar-refractivity contribution in [2.45, 2.75) is 0 Å². The first-order chi connectivity index (χ1) is 10.7. The number of amides is 3. The SMILES string of the molecule is O=CCN(C(=O)C=Cc1ccccc1)C(=O)Nc1cccs1. The van der Waals surface area contributed by atoms with Crippen molar-refractivity contribution in [1.29, 1.82) is 0 Å². The summed E-state index contributed by atoms with van der Waals surface area (Å²) < 4.78 is 0. The van der Waals surface area contributed by atoms with Crippen LogP contribution in [0.1, 0.15) is 5.56 Å². The molecule has 0 spiro atoms. The number of urea groups is 1. The first-order valence-corrected chi connectivity index (χ1v) is 7.41. The second kappa shape index (κ2) is 7.90. The molecule has 112 valence electrons. The lowest BCUT2D eigenvalue weighted by Crippen LogP contribution is -2.40. The summed E-state index contributed by atoms with van der Waals surface area (Å²) in [6.07, 6.45) is 3.38. The summed E-state index contributed by atoms with van der Waals surface area (Å²) in [5, 5.41) is 4.99. The molecule has 1 aromatic carbocycles. The smallest absolute Gasteiger partial charge is 0.301 e. The largest absolute Gasteiger partial charge is 0.329 e. The zero-order chi connectivity index (χ0) is 15.8. The minimum absolute atomic E-state index is 0.296. The number of rotatable bonds is 5. The normalized spacial score (nSPS) is 10.4. The number of nitrogens with one attached hydrogen (secondary N) is 1. The van der Waals surface area contributed by atoms with Crippen LogP contribution in [0, 0.1) is 0 Å². The van der Waals surface area contributed by atoms with Crippen molar-refractivity contribution in [3.8, 4) is 0 Å². The molecule has 0 atom stereocenters. The maximum Gasteiger partial charge on any atom is 0.329 e. The Morgan fingerprint density at radius 2 is 1.91 bits per heavy atom. The molecule has 0 saturated heterocycles.